The van der Waals surface area contributed by atoms with Gasteiger partial charge in [0.2, 0.25) is 0 Å². The van der Waals surface area contributed by atoms with Crippen LogP contribution in [0.1, 0.15) is 84.6 Å². The second-order valence-corrected chi connectivity index (χ2v) is 11.8. The summed E-state index contributed by atoms with van der Waals surface area (Å²) in [6.07, 6.45) is 9.57. The van der Waals surface area contributed by atoms with Crippen molar-refractivity contribution in [2.24, 2.45) is 18.9 Å². The molecule has 3 aromatic rings. The van der Waals surface area contributed by atoms with Gasteiger partial charge in [-0.3, -0.25) is 9.69 Å². The van der Waals surface area contributed by atoms with Gasteiger partial charge in [-0.15, -0.1) is 10.2 Å². The lowest BCUT2D eigenvalue weighted by Crippen LogP contribution is -2.43. The molecule has 1 aliphatic heterocycles. The number of amides is 1. The number of hydrogen-bond donors (Lipinski definition) is 1. The zero-order valence-corrected chi connectivity index (χ0v) is 22.3. The number of likely N-dealkylation sites (tertiary alicyclic amines) is 1. The predicted octanol–water partition coefficient (Wildman–Crippen LogP) is 4.90. The second kappa shape index (κ2) is 9.67. The minimum absolute atomic E-state index is 0.130. The molecule has 0 bridgehead atoms. The lowest BCUT2D eigenvalue weighted by molar-refractivity contribution is 0.102. The first-order valence-electron chi connectivity index (χ1n) is 13.9. The number of aromatic nitrogens is 4. The third kappa shape index (κ3) is 4.58. The van der Waals surface area contributed by atoms with Crippen LogP contribution in [0.5, 0.6) is 0 Å². The van der Waals surface area contributed by atoms with Crippen molar-refractivity contribution in [3.05, 3.63) is 70.6 Å². The average Bonchev–Trinajstić information content (AvgIpc) is 3.51. The summed E-state index contributed by atoms with van der Waals surface area (Å²) in [5, 5.41) is 11.8. The molecule has 2 fully saturated rings. The molecule has 0 radical (unpaired) electrons. The van der Waals surface area contributed by atoms with Gasteiger partial charge in [0.05, 0.1) is 5.41 Å². The highest BCUT2D eigenvalue weighted by Gasteiger charge is 2.48. The van der Waals surface area contributed by atoms with Gasteiger partial charge in [0.15, 0.2) is 0 Å². The van der Waals surface area contributed by atoms with Gasteiger partial charge in [-0.05, 0) is 98.2 Å². The number of hydrogen-bond acceptors (Lipinski definition) is 5. The van der Waals surface area contributed by atoms with Crippen molar-refractivity contribution in [3.8, 4) is 0 Å². The van der Waals surface area contributed by atoms with Crippen molar-refractivity contribution in [1.29, 1.82) is 0 Å². The van der Waals surface area contributed by atoms with Crippen LogP contribution in [0.15, 0.2) is 36.7 Å². The summed E-state index contributed by atoms with van der Waals surface area (Å²) in [5.41, 5.74) is 6.15. The van der Waals surface area contributed by atoms with Crippen LogP contribution in [0.4, 0.5) is 5.69 Å². The lowest BCUT2D eigenvalue weighted by Gasteiger charge is -2.46. The predicted molar refractivity (Wildman–Crippen MR) is 145 cm³/mol. The number of nitrogens with one attached hydrogen (secondary N) is 1. The van der Waals surface area contributed by atoms with E-state index in [0.29, 0.717) is 11.6 Å². The van der Waals surface area contributed by atoms with Crippen LogP contribution in [-0.2, 0) is 31.8 Å². The molecular formula is C30H38N6O. The number of nitrogens with zero attached hydrogens (tertiary/aromatic N) is 5. The zero-order chi connectivity index (χ0) is 25.6. The highest BCUT2D eigenvalue weighted by molar-refractivity contribution is 6.03. The molecule has 37 heavy (non-hydrogen) atoms. The molecule has 2 aliphatic carbocycles. The highest BCUT2D eigenvalue weighted by atomic mass is 16.1. The van der Waals surface area contributed by atoms with Gasteiger partial charge in [-0.1, -0.05) is 26.0 Å². The van der Waals surface area contributed by atoms with Crippen LogP contribution in [0, 0.1) is 11.8 Å². The molecule has 3 aliphatic rings. The second-order valence-electron chi connectivity index (χ2n) is 11.8. The molecule has 3 heterocycles. The molecule has 1 atom stereocenters. The zero-order valence-electron chi connectivity index (χ0n) is 22.3. The Morgan fingerprint density at radius 3 is 2.76 bits per heavy atom. The Morgan fingerprint density at radius 2 is 2.00 bits per heavy atom. The molecule has 1 saturated carbocycles. The Hall–Kier alpha value is -3.06. The van der Waals surface area contributed by atoms with Crippen molar-refractivity contribution in [2.75, 3.05) is 18.4 Å². The summed E-state index contributed by atoms with van der Waals surface area (Å²) in [5.74, 6) is 2.23. The van der Waals surface area contributed by atoms with Crippen molar-refractivity contribution < 1.29 is 4.79 Å². The van der Waals surface area contributed by atoms with Crippen LogP contribution in [-0.4, -0.2) is 43.6 Å². The SMILES string of the molecule is CC1CCCN(Cc2cc(C(=O)Nc3cccc(C4(c5nncn5C)CC(C)C4)c3)nc3c2CCC3)C1. The number of piperidine rings is 1. The van der Waals surface area contributed by atoms with E-state index in [1.54, 1.807) is 6.33 Å². The number of fused-ring (bicyclic) bond motifs is 1. The monoisotopic (exact) mass is 498 g/mol. The smallest absolute Gasteiger partial charge is 0.274 e. The summed E-state index contributed by atoms with van der Waals surface area (Å²) < 4.78 is 2.02. The first-order chi connectivity index (χ1) is 17.9. The molecule has 6 rings (SSSR count). The summed E-state index contributed by atoms with van der Waals surface area (Å²) in [4.78, 5) is 20.9. The maximum Gasteiger partial charge on any atom is 0.274 e. The maximum absolute atomic E-state index is 13.5. The van der Waals surface area contributed by atoms with Gasteiger partial charge in [0.1, 0.15) is 17.8 Å². The van der Waals surface area contributed by atoms with Crippen LogP contribution in [0.2, 0.25) is 0 Å². The Morgan fingerprint density at radius 1 is 1.14 bits per heavy atom. The minimum Gasteiger partial charge on any atom is -0.321 e. The Balaban J connectivity index is 1.25. The van der Waals surface area contributed by atoms with Crippen LogP contribution < -0.4 is 5.32 Å². The van der Waals surface area contributed by atoms with E-state index in [1.807, 2.05) is 23.7 Å². The van der Waals surface area contributed by atoms with E-state index >= 15 is 0 Å². The number of carbonyl (C=O) groups is 1. The topological polar surface area (TPSA) is 75.9 Å². The fourth-order valence-electron chi connectivity index (χ4n) is 7.04. The van der Waals surface area contributed by atoms with E-state index in [1.165, 1.54) is 29.5 Å². The van der Waals surface area contributed by atoms with Crippen LogP contribution >= 0.6 is 0 Å². The fraction of sp³-hybridized carbons (Fsp3) is 0.533. The van der Waals surface area contributed by atoms with Gasteiger partial charge >= 0.3 is 0 Å². The van der Waals surface area contributed by atoms with Crippen LogP contribution in [0.25, 0.3) is 0 Å². The minimum atomic E-state index is -0.157. The van der Waals surface area contributed by atoms with E-state index in [-0.39, 0.29) is 11.3 Å². The quantitative estimate of drug-likeness (QED) is 0.523. The van der Waals surface area contributed by atoms with Crippen molar-refractivity contribution in [1.82, 2.24) is 24.6 Å². The first-order valence-corrected chi connectivity index (χ1v) is 13.9. The van der Waals surface area contributed by atoms with E-state index in [0.717, 1.165) is 74.9 Å². The Labute approximate surface area is 219 Å². The molecular weight excluding hydrogens is 460 g/mol. The summed E-state index contributed by atoms with van der Waals surface area (Å²) in [6.45, 7) is 7.82. The highest BCUT2D eigenvalue weighted by Crippen LogP contribution is 2.51. The van der Waals surface area contributed by atoms with E-state index in [2.05, 4.69) is 52.5 Å². The third-order valence-corrected chi connectivity index (χ3v) is 8.72. The normalized spacial score (nSPS) is 25.5. The van der Waals surface area contributed by atoms with Crippen molar-refractivity contribution in [2.45, 2.75) is 70.8 Å². The number of benzene rings is 1. The standard InChI is InChI=1S/C30H38N6O/c1-20-7-6-12-36(17-20)18-22-13-27(33-26-11-5-10-25(22)26)28(37)32-24-9-4-8-23(14-24)30(15-21(2)16-30)29-34-31-19-35(29)3/h4,8-9,13-14,19-21H,5-7,10-12,15-18H2,1-3H3,(H,32,37). The number of carbonyl (C=O) groups excluding carboxylic acids is 1. The third-order valence-electron chi connectivity index (χ3n) is 8.72. The molecule has 1 saturated heterocycles. The molecule has 1 amide bonds. The van der Waals surface area contributed by atoms with Crippen molar-refractivity contribution >= 4 is 11.6 Å². The van der Waals surface area contributed by atoms with E-state index in [4.69, 9.17) is 4.98 Å². The molecule has 7 heteroatoms. The average molecular weight is 499 g/mol. The molecule has 7 nitrogen and oxygen atoms in total. The molecule has 2 aromatic heterocycles. The number of pyridine rings is 1. The van der Waals surface area contributed by atoms with Gasteiger partial charge < -0.3 is 9.88 Å². The van der Waals surface area contributed by atoms with E-state index < -0.39 is 0 Å². The summed E-state index contributed by atoms with van der Waals surface area (Å²) in [6, 6.07) is 10.3. The number of anilines is 1. The molecule has 1 unspecified atom stereocenters. The Bertz CT molecular complexity index is 1310. The number of aryl methyl sites for hydroxylation is 2. The van der Waals surface area contributed by atoms with Crippen LogP contribution in [0.3, 0.4) is 0 Å². The largest absolute Gasteiger partial charge is 0.321 e. The van der Waals surface area contributed by atoms with Gasteiger partial charge in [0.25, 0.3) is 5.91 Å². The fourth-order valence-corrected chi connectivity index (χ4v) is 7.04. The summed E-state index contributed by atoms with van der Waals surface area (Å²) >= 11 is 0. The summed E-state index contributed by atoms with van der Waals surface area (Å²) in [7, 11) is 2.01. The molecule has 194 valence electrons. The van der Waals surface area contributed by atoms with Gasteiger partial charge in [-0.25, -0.2) is 4.98 Å². The maximum atomic E-state index is 13.5. The first kappa shape index (κ1) is 24.3. The molecule has 1 aromatic carbocycles. The van der Waals surface area contributed by atoms with Gasteiger partial charge in [-0.2, -0.15) is 0 Å². The molecule has 1 N–H and O–H groups in total. The number of rotatable bonds is 6. The molecule has 0 spiro atoms. The van der Waals surface area contributed by atoms with E-state index in [9.17, 15) is 4.79 Å². The van der Waals surface area contributed by atoms with Crippen molar-refractivity contribution in [3.63, 3.8) is 0 Å². The lowest BCUT2D eigenvalue weighted by atomic mass is 9.58. The Kier molecular flexibility index (Phi) is 6.35. The van der Waals surface area contributed by atoms with Gasteiger partial charge in [0, 0.05) is 31.5 Å².